The number of thioether (sulfide) groups is 1. The van der Waals surface area contributed by atoms with Gasteiger partial charge in [0.25, 0.3) is 5.56 Å². The first kappa shape index (κ1) is 15.8. The van der Waals surface area contributed by atoms with E-state index in [0.717, 1.165) is 6.42 Å². The zero-order valence-electron chi connectivity index (χ0n) is 12.6. The van der Waals surface area contributed by atoms with Crippen LogP contribution in [0.25, 0.3) is 0 Å². The summed E-state index contributed by atoms with van der Waals surface area (Å²) < 4.78 is 0. The summed E-state index contributed by atoms with van der Waals surface area (Å²) in [5.41, 5.74) is 2.46. The molecule has 0 saturated heterocycles. The Bertz CT molecular complexity index is 624. The summed E-state index contributed by atoms with van der Waals surface area (Å²) in [6.07, 6.45) is 2.59. The lowest BCUT2D eigenvalue weighted by Gasteiger charge is -2.23. The molecule has 2 atom stereocenters. The number of benzene rings is 1. The third-order valence-electron chi connectivity index (χ3n) is 3.47. The van der Waals surface area contributed by atoms with Gasteiger partial charge in [-0.05, 0) is 24.6 Å². The van der Waals surface area contributed by atoms with Crippen molar-refractivity contribution in [2.75, 3.05) is 7.05 Å². The second kappa shape index (κ2) is 7.43. The van der Waals surface area contributed by atoms with Crippen LogP contribution < -0.4 is 10.9 Å². The van der Waals surface area contributed by atoms with E-state index < -0.39 is 0 Å². The highest BCUT2D eigenvalue weighted by Gasteiger charge is 2.19. The van der Waals surface area contributed by atoms with Gasteiger partial charge in [-0.25, -0.2) is 4.98 Å². The number of aromatic nitrogens is 2. The predicted molar refractivity (Wildman–Crippen MR) is 87.8 cm³/mol. The Morgan fingerprint density at radius 2 is 2.00 bits per heavy atom. The van der Waals surface area contributed by atoms with Crippen LogP contribution >= 0.6 is 11.8 Å². The minimum absolute atomic E-state index is 0.118. The summed E-state index contributed by atoms with van der Waals surface area (Å²) in [5.74, 6) is 0. The van der Waals surface area contributed by atoms with Gasteiger partial charge in [0.2, 0.25) is 0 Å². The van der Waals surface area contributed by atoms with Crippen molar-refractivity contribution in [1.29, 1.82) is 0 Å². The second-order valence-corrected chi connectivity index (χ2v) is 6.29. The monoisotopic (exact) mass is 303 g/mol. The summed E-state index contributed by atoms with van der Waals surface area (Å²) in [6.45, 7) is 4.28. The SMILES string of the molecule is CCc1ccc(C(NC)C(C)Sc2nccc(=O)[nH]2)cc1. The molecule has 1 aromatic carbocycles. The number of hydrogen-bond donors (Lipinski definition) is 2. The molecule has 112 valence electrons. The molecule has 5 heteroatoms. The molecular weight excluding hydrogens is 282 g/mol. The molecule has 0 aliphatic rings. The topological polar surface area (TPSA) is 57.8 Å². The normalized spacial score (nSPS) is 13.9. The Morgan fingerprint density at radius 3 is 2.57 bits per heavy atom. The molecule has 2 rings (SSSR count). The maximum atomic E-state index is 11.3. The van der Waals surface area contributed by atoms with Crippen LogP contribution in [0.2, 0.25) is 0 Å². The van der Waals surface area contributed by atoms with E-state index in [0.29, 0.717) is 5.16 Å². The summed E-state index contributed by atoms with van der Waals surface area (Å²) >= 11 is 1.57. The van der Waals surface area contributed by atoms with E-state index in [9.17, 15) is 4.79 Å². The van der Waals surface area contributed by atoms with Crippen LogP contribution in [0.4, 0.5) is 0 Å². The van der Waals surface area contributed by atoms with Crippen molar-refractivity contribution in [1.82, 2.24) is 15.3 Å². The minimum atomic E-state index is -0.118. The maximum absolute atomic E-state index is 11.3. The Labute approximate surface area is 129 Å². The van der Waals surface area contributed by atoms with Crippen molar-refractivity contribution in [3.05, 3.63) is 58.0 Å². The first-order valence-electron chi connectivity index (χ1n) is 7.12. The van der Waals surface area contributed by atoms with Crippen molar-refractivity contribution in [2.24, 2.45) is 0 Å². The second-order valence-electron chi connectivity index (χ2n) is 4.92. The van der Waals surface area contributed by atoms with Crippen molar-refractivity contribution in [3.63, 3.8) is 0 Å². The number of aryl methyl sites for hydroxylation is 1. The number of rotatable bonds is 6. The smallest absolute Gasteiger partial charge is 0.251 e. The van der Waals surface area contributed by atoms with Gasteiger partial charge in [-0.2, -0.15) is 0 Å². The lowest BCUT2D eigenvalue weighted by Crippen LogP contribution is -2.25. The fourth-order valence-electron chi connectivity index (χ4n) is 2.29. The van der Waals surface area contributed by atoms with Gasteiger partial charge in [-0.1, -0.05) is 49.9 Å². The van der Waals surface area contributed by atoms with E-state index in [1.165, 1.54) is 23.4 Å². The van der Waals surface area contributed by atoms with Gasteiger partial charge in [0, 0.05) is 23.6 Å². The van der Waals surface area contributed by atoms with E-state index in [-0.39, 0.29) is 16.9 Å². The van der Waals surface area contributed by atoms with Crippen LogP contribution in [0, 0.1) is 0 Å². The number of nitrogens with one attached hydrogen (secondary N) is 2. The molecule has 0 aliphatic heterocycles. The summed E-state index contributed by atoms with van der Waals surface area (Å²) in [5, 5.41) is 4.25. The molecule has 0 fully saturated rings. The summed E-state index contributed by atoms with van der Waals surface area (Å²) in [7, 11) is 1.95. The molecule has 0 saturated carbocycles. The lowest BCUT2D eigenvalue weighted by atomic mass is 10.0. The van der Waals surface area contributed by atoms with Crippen molar-refractivity contribution >= 4 is 11.8 Å². The predicted octanol–water partition coefficient (Wildman–Crippen LogP) is 2.77. The molecule has 4 nitrogen and oxygen atoms in total. The molecular formula is C16H21N3OS. The third kappa shape index (κ3) is 4.19. The van der Waals surface area contributed by atoms with Gasteiger partial charge in [0.15, 0.2) is 5.16 Å². The van der Waals surface area contributed by atoms with Gasteiger partial charge in [-0.3, -0.25) is 4.79 Å². The molecule has 1 aromatic heterocycles. The van der Waals surface area contributed by atoms with Gasteiger partial charge >= 0.3 is 0 Å². The molecule has 0 bridgehead atoms. The van der Waals surface area contributed by atoms with Gasteiger partial charge in [-0.15, -0.1) is 0 Å². The van der Waals surface area contributed by atoms with E-state index in [1.54, 1.807) is 11.8 Å². The molecule has 0 amide bonds. The highest BCUT2D eigenvalue weighted by atomic mass is 32.2. The first-order chi connectivity index (χ1) is 10.1. The van der Waals surface area contributed by atoms with Gasteiger partial charge in [0.1, 0.15) is 0 Å². The average Bonchev–Trinajstić information content (AvgIpc) is 2.48. The number of nitrogens with zero attached hydrogens (tertiary/aromatic N) is 1. The van der Waals surface area contributed by atoms with Crippen LogP contribution in [0.15, 0.2) is 46.5 Å². The van der Waals surface area contributed by atoms with Gasteiger partial charge in [0.05, 0.1) is 0 Å². The fraction of sp³-hybridized carbons (Fsp3) is 0.375. The zero-order valence-corrected chi connectivity index (χ0v) is 13.4. The van der Waals surface area contributed by atoms with E-state index in [1.807, 2.05) is 7.05 Å². The van der Waals surface area contributed by atoms with Gasteiger partial charge < -0.3 is 10.3 Å². The lowest BCUT2D eigenvalue weighted by molar-refractivity contribution is 0.588. The Morgan fingerprint density at radius 1 is 1.29 bits per heavy atom. The van der Waals surface area contributed by atoms with Crippen LogP contribution in [0.1, 0.15) is 31.0 Å². The Balaban J connectivity index is 2.13. The largest absolute Gasteiger partial charge is 0.312 e. The molecule has 0 spiro atoms. The minimum Gasteiger partial charge on any atom is -0.312 e. The van der Waals surface area contributed by atoms with Crippen molar-refractivity contribution < 1.29 is 0 Å². The molecule has 0 radical (unpaired) electrons. The quantitative estimate of drug-likeness (QED) is 0.636. The number of H-pyrrole nitrogens is 1. The van der Waals surface area contributed by atoms with Crippen LogP contribution in [-0.4, -0.2) is 22.3 Å². The average molecular weight is 303 g/mol. The third-order valence-corrected chi connectivity index (χ3v) is 4.55. The molecule has 2 unspecified atom stereocenters. The summed E-state index contributed by atoms with van der Waals surface area (Å²) in [4.78, 5) is 18.3. The Kier molecular flexibility index (Phi) is 5.59. The standard InChI is InChI=1S/C16H21N3OS/c1-4-12-5-7-13(8-6-12)15(17-3)11(2)21-16-18-10-9-14(20)19-16/h5-11,15,17H,4H2,1-3H3,(H,18,19,20). The summed E-state index contributed by atoms with van der Waals surface area (Å²) in [6, 6.07) is 10.3. The number of aromatic amines is 1. The first-order valence-corrected chi connectivity index (χ1v) is 8.00. The van der Waals surface area contributed by atoms with Crippen molar-refractivity contribution in [3.8, 4) is 0 Å². The Hall–Kier alpha value is -1.59. The highest BCUT2D eigenvalue weighted by Crippen LogP contribution is 2.29. The molecule has 21 heavy (non-hydrogen) atoms. The maximum Gasteiger partial charge on any atom is 0.251 e. The van der Waals surface area contributed by atoms with E-state index in [2.05, 4.69) is 53.4 Å². The highest BCUT2D eigenvalue weighted by molar-refractivity contribution is 7.99. The van der Waals surface area contributed by atoms with Crippen LogP contribution in [0.3, 0.4) is 0 Å². The molecule has 1 heterocycles. The van der Waals surface area contributed by atoms with Crippen molar-refractivity contribution in [2.45, 2.75) is 36.7 Å². The van der Waals surface area contributed by atoms with E-state index in [4.69, 9.17) is 0 Å². The number of hydrogen-bond acceptors (Lipinski definition) is 4. The molecule has 2 N–H and O–H groups in total. The molecule has 0 aliphatic carbocycles. The zero-order chi connectivity index (χ0) is 15.2. The van der Waals surface area contributed by atoms with E-state index >= 15 is 0 Å². The van der Waals surface area contributed by atoms with Crippen LogP contribution in [0.5, 0.6) is 0 Å². The van der Waals surface area contributed by atoms with Crippen LogP contribution in [-0.2, 0) is 6.42 Å². The fourth-order valence-corrected chi connectivity index (χ4v) is 3.35. The molecule has 2 aromatic rings.